The Bertz CT molecular complexity index is 335. The van der Waals surface area contributed by atoms with Gasteiger partial charge < -0.3 is 15.2 Å². The van der Waals surface area contributed by atoms with Crippen LogP contribution < -0.4 is 10.1 Å². The molecule has 2 rings (SSSR count). The van der Waals surface area contributed by atoms with Crippen LogP contribution in [0.25, 0.3) is 0 Å². The van der Waals surface area contributed by atoms with Crippen LogP contribution in [0.3, 0.4) is 0 Å². The van der Waals surface area contributed by atoms with E-state index in [1.165, 1.54) is 0 Å². The third-order valence-corrected chi connectivity index (χ3v) is 2.76. The van der Waals surface area contributed by atoms with Gasteiger partial charge in [0, 0.05) is 25.2 Å². The minimum Gasteiger partial charge on any atom is -0.481 e. The maximum absolute atomic E-state index is 10.2. The lowest BCUT2D eigenvalue weighted by Gasteiger charge is -2.21. The first-order chi connectivity index (χ1) is 7.22. The molecule has 0 radical (unpaired) electrons. The lowest BCUT2D eigenvalue weighted by molar-refractivity contribution is 0.0618. The molecule has 1 aliphatic heterocycles. The van der Waals surface area contributed by atoms with Crippen LogP contribution in [-0.4, -0.2) is 35.9 Å². The molecular weight excluding hydrogens is 192 g/mol. The van der Waals surface area contributed by atoms with Gasteiger partial charge in [0.2, 0.25) is 5.88 Å². The molecule has 1 saturated heterocycles. The van der Waals surface area contributed by atoms with Gasteiger partial charge in [-0.05, 0) is 24.6 Å². The molecule has 0 aliphatic carbocycles. The average molecular weight is 208 g/mol. The van der Waals surface area contributed by atoms with E-state index in [0.717, 1.165) is 18.5 Å². The van der Waals surface area contributed by atoms with Crippen molar-refractivity contribution in [3.05, 3.63) is 23.9 Å². The minimum absolute atomic E-state index is 0.599. The Balaban J connectivity index is 2.09. The van der Waals surface area contributed by atoms with Crippen molar-refractivity contribution in [3.63, 3.8) is 0 Å². The maximum atomic E-state index is 10.2. The third kappa shape index (κ3) is 2.46. The van der Waals surface area contributed by atoms with Crippen molar-refractivity contribution in [1.82, 2.24) is 10.3 Å². The molecule has 0 amide bonds. The Morgan fingerprint density at radius 2 is 2.53 bits per heavy atom. The van der Waals surface area contributed by atoms with Gasteiger partial charge >= 0.3 is 0 Å². The Labute approximate surface area is 89.3 Å². The van der Waals surface area contributed by atoms with Gasteiger partial charge in [-0.2, -0.15) is 0 Å². The normalized spacial score (nSPS) is 25.5. The fourth-order valence-electron chi connectivity index (χ4n) is 1.93. The predicted molar refractivity (Wildman–Crippen MR) is 56.9 cm³/mol. The fraction of sp³-hybridized carbons (Fsp3) is 0.545. The quantitative estimate of drug-likeness (QED) is 0.753. The zero-order chi connectivity index (χ0) is 10.7. The average Bonchev–Trinajstić information content (AvgIpc) is 2.65. The number of nitrogens with zero attached hydrogens (tertiary/aromatic N) is 1. The van der Waals surface area contributed by atoms with Gasteiger partial charge in [0.15, 0.2) is 0 Å². The molecule has 1 aliphatic rings. The Hall–Kier alpha value is -1.13. The molecule has 15 heavy (non-hydrogen) atoms. The number of aromatic nitrogens is 1. The highest BCUT2D eigenvalue weighted by Crippen LogP contribution is 2.21. The topological polar surface area (TPSA) is 54.4 Å². The van der Waals surface area contributed by atoms with E-state index in [9.17, 15) is 5.11 Å². The van der Waals surface area contributed by atoms with Gasteiger partial charge in [0.25, 0.3) is 0 Å². The third-order valence-electron chi connectivity index (χ3n) is 2.76. The van der Waals surface area contributed by atoms with Gasteiger partial charge in [-0.25, -0.2) is 4.98 Å². The first-order valence-electron chi connectivity index (χ1n) is 5.14. The molecule has 1 aromatic heterocycles. The molecule has 4 nitrogen and oxygen atoms in total. The summed E-state index contributed by atoms with van der Waals surface area (Å²) in [4.78, 5) is 4.04. The van der Waals surface area contributed by atoms with Gasteiger partial charge in [-0.3, -0.25) is 0 Å². The van der Waals surface area contributed by atoms with Gasteiger partial charge in [-0.1, -0.05) is 0 Å². The van der Waals surface area contributed by atoms with Crippen LogP contribution in [-0.2, 0) is 6.42 Å². The summed E-state index contributed by atoms with van der Waals surface area (Å²) in [6, 6.07) is 3.79. The van der Waals surface area contributed by atoms with E-state index in [0.29, 0.717) is 18.8 Å². The van der Waals surface area contributed by atoms with E-state index in [2.05, 4.69) is 10.3 Å². The summed E-state index contributed by atoms with van der Waals surface area (Å²) in [5.74, 6) is 0.599. The van der Waals surface area contributed by atoms with Gasteiger partial charge in [0.05, 0.1) is 12.7 Å². The summed E-state index contributed by atoms with van der Waals surface area (Å²) >= 11 is 0. The second-order valence-electron chi connectivity index (χ2n) is 4.03. The molecule has 1 atom stereocenters. The number of ether oxygens (including phenoxy) is 1. The van der Waals surface area contributed by atoms with E-state index < -0.39 is 5.60 Å². The summed E-state index contributed by atoms with van der Waals surface area (Å²) in [5.41, 5.74) is 0.458. The fourth-order valence-corrected chi connectivity index (χ4v) is 1.93. The molecule has 2 heterocycles. The van der Waals surface area contributed by atoms with E-state index in [1.807, 2.05) is 12.1 Å². The molecule has 1 unspecified atom stereocenters. The maximum Gasteiger partial charge on any atom is 0.213 e. The van der Waals surface area contributed by atoms with Crippen LogP contribution in [0.15, 0.2) is 18.3 Å². The van der Waals surface area contributed by atoms with Crippen molar-refractivity contribution in [2.45, 2.75) is 18.4 Å². The van der Waals surface area contributed by atoms with Crippen LogP contribution in [0.4, 0.5) is 0 Å². The molecule has 0 spiro atoms. The molecule has 1 aromatic rings. The first-order valence-corrected chi connectivity index (χ1v) is 5.14. The molecule has 0 saturated carbocycles. The van der Waals surface area contributed by atoms with Crippen molar-refractivity contribution in [2.24, 2.45) is 0 Å². The molecular formula is C11H16N2O2. The van der Waals surface area contributed by atoms with Crippen molar-refractivity contribution in [3.8, 4) is 5.88 Å². The van der Waals surface area contributed by atoms with Gasteiger partial charge in [0.1, 0.15) is 0 Å². The van der Waals surface area contributed by atoms with Crippen molar-refractivity contribution >= 4 is 0 Å². The predicted octanol–water partition coefficient (Wildman–Crippen LogP) is 0.357. The Morgan fingerprint density at radius 3 is 3.20 bits per heavy atom. The van der Waals surface area contributed by atoms with Crippen molar-refractivity contribution in [2.75, 3.05) is 20.2 Å². The zero-order valence-electron chi connectivity index (χ0n) is 8.86. The van der Waals surface area contributed by atoms with E-state index in [-0.39, 0.29) is 0 Å². The lowest BCUT2D eigenvalue weighted by atomic mass is 9.94. The second kappa shape index (κ2) is 4.16. The minimum atomic E-state index is -0.605. The van der Waals surface area contributed by atoms with Crippen LogP contribution >= 0.6 is 0 Å². The number of rotatable bonds is 3. The highest BCUT2D eigenvalue weighted by molar-refractivity contribution is 5.22. The Morgan fingerprint density at radius 1 is 1.67 bits per heavy atom. The highest BCUT2D eigenvalue weighted by atomic mass is 16.5. The smallest absolute Gasteiger partial charge is 0.213 e. The standard InChI is InChI=1S/C11H16N2O2/c1-15-10-6-9(2-4-13-10)7-11(14)3-5-12-8-11/h2,4,6,12,14H,3,5,7-8H2,1H3. The second-order valence-corrected chi connectivity index (χ2v) is 4.03. The lowest BCUT2D eigenvalue weighted by Crippen LogP contribution is -2.33. The van der Waals surface area contributed by atoms with E-state index >= 15 is 0 Å². The number of pyridine rings is 1. The number of hydrogen-bond donors (Lipinski definition) is 2. The largest absolute Gasteiger partial charge is 0.481 e. The van der Waals surface area contributed by atoms with Crippen LogP contribution in [0.5, 0.6) is 5.88 Å². The first kappa shape index (κ1) is 10.4. The highest BCUT2D eigenvalue weighted by Gasteiger charge is 2.31. The summed E-state index contributed by atoms with van der Waals surface area (Å²) < 4.78 is 5.04. The number of nitrogens with one attached hydrogen (secondary N) is 1. The van der Waals surface area contributed by atoms with Crippen molar-refractivity contribution in [1.29, 1.82) is 0 Å². The summed E-state index contributed by atoms with van der Waals surface area (Å²) in [6.45, 7) is 1.55. The summed E-state index contributed by atoms with van der Waals surface area (Å²) in [7, 11) is 1.60. The summed E-state index contributed by atoms with van der Waals surface area (Å²) in [5, 5.41) is 13.3. The van der Waals surface area contributed by atoms with E-state index in [4.69, 9.17) is 4.74 Å². The number of hydrogen-bond acceptors (Lipinski definition) is 4. The number of methoxy groups -OCH3 is 1. The molecule has 2 N–H and O–H groups in total. The molecule has 0 aromatic carbocycles. The van der Waals surface area contributed by atoms with Crippen LogP contribution in [0, 0.1) is 0 Å². The number of aliphatic hydroxyl groups is 1. The summed E-state index contributed by atoms with van der Waals surface area (Å²) in [6.07, 6.45) is 3.16. The van der Waals surface area contributed by atoms with Crippen LogP contribution in [0.2, 0.25) is 0 Å². The molecule has 1 fully saturated rings. The molecule has 0 bridgehead atoms. The van der Waals surface area contributed by atoms with Gasteiger partial charge in [-0.15, -0.1) is 0 Å². The molecule has 4 heteroatoms. The van der Waals surface area contributed by atoms with Crippen LogP contribution in [0.1, 0.15) is 12.0 Å². The zero-order valence-corrected chi connectivity index (χ0v) is 8.86. The number of β-amino-alcohol motifs (C(OH)–C–C–N with tert-alkyl or cyclic N) is 1. The molecule has 82 valence electrons. The SMILES string of the molecule is COc1cc(CC2(O)CCNC2)ccn1. The van der Waals surface area contributed by atoms with Crippen molar-refractivity contribution < 1.29 is 9.84 Å². The monoisotopic (exact) mass is 208 g/mol. The Kier molecular flexibility index (Phi) is 2.88. The van der Waals surface area contributed by atoms with E-state index in [1.54, 1.807) is 13.3 Å².